The third-order valence-electron chi connectivity index (χ3n) is 5.92. The first kappa shape index (κ1) is 19.2. The smallest absolute Gasteiger partial charge is 0.264 e. The first-order valence-electron chi connectivity index (χ1n) is 10.3. The van der Waals surface area contributed by atoms with E-state index >= 15 is 0 Å². The Hall–Kier alpha value is -2.77. The lowest BCUT2D eigenvalue weighted by molar-refractivity contribution is 0.0305. The second-order valence-corrected chi connectivity index (χ2v) is 8.78. The molecule has 154 valence electrons. The molecule has 1 aromatic carbocycles. The van der Waals surface area contributed by atoms with Gasteiger partial charge < -0.3 is 14.5 Å². The third-order valence-corrected chi connectivity index (χ3v) is 7.09. The quantitative estimate of drug-likeness (QED) is 0.650. The average Bonchev–Trinajstić information content (AvgIpc) is 3.44. The lowest BCUT2D eigenvalue weighted by Crippen LogP contribution is -2.40. The molecule has 0 radical (unpaired) electrons. The Labute approximate surface area is 179 Å². The van der Waals surface area contributed by atoms with Crippen LogP contribution in [0.2, 0.25) is 0 Å². The molecular formula is C23H23N3O3S. The van der Waals surface area contributed by atoms with Crippen LogP contribution in [0.15, 0.2) is 48.8 Å². The van der Waals surface area contributed by atoms with Crippen molar-refractivity contribution < 1.29 is 14.3 Å². The van der Waals surface area contributed by atoms with E-state index in [-0.39, 0.29) is 17.7 Å². The summed E-state index contributed by atoms with van der Waals surface area (Å²) in [7, 11) is 0. The molecule has 0 N–H and O–H groups in total. The second-order valence-electron chi connectivity index (χ2n) is 7.72. The number of pyridine rings is 1. The van der Waals surface area contributed by atoms with Crippen LogP contribution in [0.3, 0.4) is 0 Å². The summed E-state index contributed by atoms with van der Waals surface area (Å²) in [6.07, 6.45) is 4.14. The van der Waals surface area contributed by atoms with Gasteiger partial charge in [0.1, 0.15) is 0 Å². The van der Waals surface area contributed by atoms with Crippen LogP contribution in [0, 0.1) is 0 Å². The van der Waals surface area contributed by atoms with Crippen LogP contribution in [-0.2, 0) is 4.74 Å². The maximum atomic E-state index is 13.4. The summed E-state index contributed by atoms with van der Waals surface area (Å²) < 4.78 is 6.54. The van der Waals surface area contributed by atoms with E-state index in [4.69, 9.17) is 4.74 Å². The van der Waals surface area contributed by atoms with E-state index in [0.717, 1.165) is 26.9 Å². The van der Waals surface area contributed by atoms with Crippen molar-refractivity contribution in [3.8, 4) is 0 Å². The molecule has 0 aliphatic carbocycles. The summed E-state index contributed by atoms with van der Waals surface area (Å²) in [6.45, 7) is 3.74. The van der Waals surface area contributed by atoms with Crippen LogP contribution in [0.4, 0.5) is 0 Å². The summed E-state index contributed by atoms with van der Waals surface area (Å²) >= 11 is 1.57. The fourth-order valence-corrected chi connectivity index (χ4v) is 5.65. The van der Waals surface area contributed by atoms with Crippen molar-refractivity contribution >= 4 is 33.2 Å². The molecule has 3 aromatic rings. The summed E-state index contributed by atoms with van der Waals surface area (Å²) in [4.78, 5) is 34.9. The zero-order valence-corrected chi connectivity index (χ0v) is 17.4. The number of morpholine rings is 1. The number of carbonyl (C=O) groups excluding carboxylic acids is 2. The molecular weight excluding hydrogens is 398 g/mol. The number of likely N-dealkylation sites (tertiary alicyclic amines) is 1. The van der Waals surface area contributed by atoms with Gasteiger partial charge in [0, 0.05) is 49.2 Å². The molecule has 1 atom stereocenters. The molecule has 0 bridgehead atoms. The molecule has 2 amide bonds. The van der Waals surface area contributed by atoms with Crippen LogP contribution in [-0.4, -0.2) is 66.0 Å². The average molecular weight is 422 g/mol. The van der Waals surface area contributed by atoms with Gasteiger partial charge in [-0.05, 0) is 35.6 Å². The van der Waals surface area contributed by atoms with E-state index < -0.39 is 0 Å². The van der Waals surface area contributed by atoms with E-state index in [1.165, 1.54) is 0 Å². The zero-order chi connectivity index (χ0) is 20.5. The minimum Gasteiger partial charge on any atom is -0.378 e. The Morgan fingerprint density at radius 1 is 1.00 bits per heavy atom. The fraction of sp³-hybridized carbons (Fsp3) is 0.348. The monoisotopic (exact) mass is 421 g/mol. The van der Waals surface area contributed by atoms with Crippen LogP contribution in [0.25, 0.3) is 10.1 Å². The summed E-state index contributed by atoms with van der Waals surface area (Å²) in [6, 6.07) is 11.8. The van der Waals surface area contributed by atoms with Crippen molar-refractivity contribution in [2.75, 3.05) is 39.4 Å². The number of fused-ring (bicyclic) bond motifs is 1. The Morgan fingerprint density at radius 3 is 2.63 bits per heavy atom. The molecule has 6 nitrogen and oxygen atoms in total. The highest BCUT2D eigenvalue weighted by Gasteiger charge is 2.34. The van der Waals surface area contributed by atoms with Crippen LogP contribution >= 0.6 is 11.3 Å². The fourth-order valence-electron chi connectivity index (χ4n) is 4.39. The molecule has 7 heteroatoms. The van der Waals surface area contributed by atoms with Crippen molar-refractivity contribution in [3.63, 3.8) is 0 Å². The van der Waals surface area contributed by atoms with Crippen LogP contribution in [0.1, 0.15) is 37.9 Å². The third kappa shape index (κ3) is 3.48. The van der Waals surface area contributed by atoms with E-state index in [1.54, 1.807) is 35.9 Å². The second kappa shape index (κ2) is 8.16. The van der Waals surface area contributed by atoms with Crippen LogP contribution in [0.5, 0.6) is 0 Å². The number of nitrogens with zero attached hydrogens (tertiary/aromatic N) is 3. The Bertz CT molecular complexity index is 1080. The molecule has 0 saturated carbocycles. The lowest BCUT2D eigenvalue weighted by atomic mass is 9.94. The number of rotatable bonds is 3. The summed E-state index contributed by atoms with van der Waals surface area (Å²) in [5.74, 6) is 0.250. The number of thiophene rings is 1. The molecule has 5 rings (SSSR count). The number of ether oxygens (including phenoxy) is 1. The number of benzene rings is 1. The van der Waals surface area contributed by atoms with E-state index in [0.29, 0.717) is 45.0 Å². The minimum absolute atomic E-state index is 0.00573. The highest BCUT2D eigenvalue weighted by atomic mass is 32.1. The van der Waals surface area contributed by atoms with Gasteiger partial charge in [-0.15, -0.1) is 11.3 Å². The van der Waals surface area contributed by atoms with Gasteiger partial charge in [0.15, 0.2) is 0 Å². The predicted molar refractivity (Wildman–Crippen MR) is 116 cm³/mol. The van der Waals surface area contributed by atoms with Crippen molar-refractivity contribution in [2.45, 2.75) is 12.3 Å². The Morgan fingerprint density at radius 2 is 1.83 bits per heavy atom. The molecule has 2 saturated heterocycles. The molecule has 2 aliphatic heterocycles. The van der Waals surface area contributed by atoms with Gasteiger partial charge in [-0.3, -0.25) is 14.6 Å². The summed E-state index contributed by atoms with van der Waals surface area (Å²) in [5, 5.41) is 1.14. The molecule has 0 spiro atoms. The lowest BCUT2D eigenvalue weighted by Gasteiger charge is -2.27. The maximum absolute atomic E-state index is 13.4. The molecule has 0 unspecified atom stereocenters. The normalized spacial score (nSPS) is 19.4. The van der Waals surface area contributed by atoms with Gasteiger partial charge in [0.05, 0.1) is 23.7 Å². The maximum Gasteiger partial charge on any atom is 0.264 e. The largest absolute Gasteiger partial charge is 0.378 e. The van der Waals surface area contributed by atoms with Gasteiger partial charge >= 0.3 is 0 Å². The topological polar surface area (TPSA) is 62.7 Å². The van der Waals surface area contributed by atoms with E-state index in [9.17, 15) is 9.59 Å². The summed E-state index contributed by atoms with van der Waals surface area (Å²) in [5.41, 5.74) is 1.71. The number of hydrogen-bond acceptors (Lipinski definition) is 5. The predicted octanol–water partition coefficient (Wildman–Crippen LogP) is 3.40. The van der Waals surface area contributed by atoms with E-state index in [2.05, 4.69) is 17.1 Å². The van der Waals surface area contributed by atoms with Gasteiger partial charge in [-0.25, -0.2) is 0 Å². The van der Waals surface area contributed by atoms with Gasteiger partial charge in [0.25, 0.3) is 11.8 Å². The number of aromatic nitrogens is 1. The van der Waals surface area contributed by atoms with Crippen molar-refractivity contribution in [2.24, 2.45) is 0 Å². The van der Waals surface area contributed by atoms with Crippen molar-refractivity contribution in [3.05, 3.63) is 64.8 Å². The van der Waals surface area contributed by atoms with E-state index in [1.807, 2.05) is 21.9 Å². The zero-order valence-electron chi connectivity index (χ0n) is 16.6. The Balaban J connectivity index is 1.46. The number of amides is 2. The first-order chi connectivity index (χ1) is 14.7. The standard InChI is InChI=1S/C23H23N3O3S/c27-22(16-4-3-8-24-14-16)26-9-7-17(15-26)20-18-5-1-2-6-19(18)30-21(20)23(28)25-10-12-29-13-11-25/h1-6,8,14,17H,7,9-13,15H2/t17-/m0/s1. The highest BCUT2D eigenvalue weighted by molar-refractivity contribution is 7.21. The number of hydrogen-bond donors (Lipinski definition) is 0. The minimum atomic E-state index is 0.00573. The van der Waals surface area contributed by atoms with Gasteiger partial charge in [0.2, 0.25) is 0 Å². The number of carbonyl (C=O) groups is 2. The SMILES string of the molecule is O=C(c1cccnc1)N1CC[C@H](c2c(C(=O)N3CCOCC3)sc3ccccc23)C1. The first-order valence-corrected chi connectivity index (χ1v) is 11.1. The van der Waals surface area contributed by atoms with Crippen LogP contribution < -0.4 is 0 Å². The molecule has 2 aliphatic rings. The molecule has 2 aromatic heterocycles. The highest BCUT2D eigenvalue weighted by Crippen LogP contribution is 2.41. The van der Waals surface area contributed by atoms with Gasteiger partial charge in [-0.1, -0.05) is 18.2 Å². The van der Waals surface area contributed by atoms with Crippen molar-refractivity contribution in [1.82, 2.24) is 14.8 Å². The molecule has 30 heavy (non-hydrogen) atoms. The Kier molecular flexibility index (Phi) is 5.23. The van der Waals surface area contributed by atoms with Gasteiger partial charge in [-0.2, -0.15) is 0 Å². The molecule has 4 heterocycles. The molecule has 2 fully saturated rings. The van der Waals surface area contributed by atoms with Crippen molar-refractivity contribution in [1.29, 1.82) is 0 Å².